The summed E-state index contributed by atoms with van der Waals surface area (Å²) in [5, 5.41) is 23.7. The standard InChI is InChI=1S/C6H9ClO2.3C4H6O2/c1-5(2)6(8)9-4-3-7;3*1-3(2)4(5)6/h1,3-4H2,2H3;3*1H2,2H3,(H,5,6). The van der Waals surface area contributed by atoms with E-state index in [-0.39, 0.29) is 29.3 Å². The van der Waals surface area contributed by atoms with Crippen molar-refractivity contribution in [1.29, 1.82) is 0 Å². The summed E-state index contributed by atoms with van der Waals surface area (Å²) < 4.78 is 4.58. The van der Waals surface area contributed by atoms with Crippen LogP contribution in [0, 0.1) is 0 Å². The molecule has 3 N–H and O–H groups in total. The van der Waals surface area contributed by atoms with Gasteiger partial charge in [-0.3, -0.25) is 0 Å². The second-order valence-corrected chi connectivity index (χ2v) is 5.24. The lowest BCUT2D eigenvalue weighted by atomic mass is 10.4. The van der Waals surface area contributed by atoms with Crippen molar-refractivity contribution in [3.63, 3.8) is 0 Å². The fraction of sp³-hybridized carbons (Fsp3) is 0.333. The number of carboxylic acid groups (broad SMARTS) is 3. The molecule has 0 aromatic heterocycles. The Bertz CT molecular complexity index is 483. The normalized spacial score (nSPS) is 7.89. The summed E-state index contributed by atoms with van der Waals surface area (Å²) in [7, 11) is 0. The molecule has 0 atom stereocenters. The molecule has 154 valence electrons. The second-order valence-electron chi connectivity index (χ2n) is 4.86. The van der Waals surface area contributed by atoms with Crippen LogP contribution in [0.15, 0.2) is 48.6 Å². The van der Waals surface area contributed by atoms with Crippen molar-refractivity contribution < 1.29 is 39.2 Å². The molecule has 0 saturated carbocycles. The molecule has 0 heterocycles. The van der Waals surface area contributed by atoms with Gasteiger partial charge in [-0.15, -0.1) is 11.6 Å². The Labute approximate surface area is 164 Å². The molecular weight excluding hydrogens is 380 g/mol. The molecule has 0 aliphatic rings. The summed E-state index contributed by atoms with van der Waals surface area (Å²) in [4.78, 5) is 39.3. The van der Waals surface area contributed by atoms with Gasteiger partial charge in [0.25, 0.3) is 0 Å². The van der Waals surface area contributed by atoms with Gasteiger partial charge in [0.15, 0.2) is 0 Å². The van der Waals surface area contributed by atoms with Crippen molar-refractivity contribution in [3.8, 4) is 0 Å². The zero-order valence-corrected chi connectivity index (χ0v) is 16.8. The van der Waals surface area contributed by atoms with E-state index in [0.717, 1.165) is 0 Å². The molecule has 0 bridgehead atoms. The molecular formula is C18H27ClO8. The number of ether oxygens (including phenoxy) is 1. The highest BCUT2D eigenvalue weighted by Gasteiger charge is 1.99. The van der Waals surface area contributed by atoms with E-state index in [9.17, 15) is 19.2 Å². The molecule has 0 aromatic carbocycles. The van der Waals surface area contributed by atoms with E-state index in [0.29, 0.717) is 11.5 Å². The number of rotatable bonds is 6. The summed E-state index contributed by atoms with van der Waals surface area (Å²) in [6.45, 7) is 19.0. The lowest BCUT2D eigenvalue weighted by molar-refractivity contribution is -0.138. The monoisotopic (exact) mass is 406 g/mol. The molecule has 0 saturated heterocycles. The Hall–Kier alpha value is -2.87. The topological polar surface area (TPSA) is 138 Å². The van der Waals surface area contributed by atoms with Crippen LogP contribution in [0.2, 0.25) is 0 Å². The number of alkyl halides is 1. The van der Waals surface area contributed by atoms with Crippen LogP contribution in [0.25, 0.3) is 0 Å². The second kappa shape index (κ2) is 19.5. The molecule has 0 aliphatic heterocycles. The summed E-state index contributed by atoms with van der Waals surface area (Å²) in [5.41, 5.74) is 0.931. The van der Waals surface area contributed by atoms with E-state index in [4.69, 9.17) is 26.9 Å². The van der Waals surface area contributed by atoms with Crippen LogP contribution in [-0.4, -0.2) is 51.7 Å². The number of carbonyl (C=O) groups excluding carboxylic acids is 1. The van der Waals surface area contributed by atoms with Gasteiger partial charge in [-0.05, 0) is 27.7 Å². The Morgan fingerprint density at radius 2 is 0.926 bits per heavy atom. The van der Waals surface area contributed by atoms with Gasteiger partial charge in [0.2, 0.25) is 0 Å². The number of aliphatic carboxylic acids is 3. The number of hydrogen-bond acceptors (Lipinski definition) is 5. The van der Waals surface area contributed by atoms with Crippen LogP contribution in [0.4, 0.5) is 0 Å². The fourth-order valence-corrected chi connectivity index (χ4v) is 0.332. The highest BCUT2D eigenvalue weighted by molar-refractivity contribution is 6.18. The number of hydrogen-bond donors (Lipinski definition) is 3. The van der Waals surface area contributed by atoms with Crippen LogP contribution < -0.4 is 0 Å². The SMILES string of the molecule is C=C(C)C(=O)O.C=C(C)C(=O)O.C=C(C)C(=O)O.C=C(C)C(=O)OCCCl. The minimum absolute atomic E-state index is 0.176. The van der Waals surface area contributed by atoms with Crippen molar-refractivity contribution >= 4 is 35.5 Å². The molecule has 27 heavy (non-hydrogen) atoms. The molecule has 0 aliphatic carbocycles. The third kappa shape index (κ3) is 35.2. The lowest BCUT2D eigenvalue weighted by Gasteiger charge is -1.98. The Balaban J connectivity index is -0.000000133. The van der Waals surface area contributed by atoms with E-state index >= 15 is 0 Å². The molecule has 0 aromatic rings. The smallest absolute Gasteiger partial charge is 0.333 e. The zero-order chi connectivity index (χ0) is 22.7. The molecule has 0 spiro atoms. The summed E-state index contributed by atoms with van der Waals surface area (Å²) in [5.74, 6) is -2.85. The van der Waals surface area contributed by atoms with Crippen molar-refractivity contribution in [2.24, 2.45) is 0 Å². The lowest BCUT2D eigenvalue weighted by Crippen LogP contribution is -2.06. The maximum Gasteiger partial charge on any atom is 0.333 e. The minimum atomic E-state index is -0.935. The van der Waals surface area contributed by atoms with Crippen LogP contribution in [0.3, 0.4) is 0 Å². The first-order chi connectivity index (χ1) is 12.1. The molecule has 8 nitrogen and oxygen atoms in total. The average molecular weight is 407 g/mol. The van der Waals surface area contributed by atoms with Gasteiger partial charge >= 0.3 is 23.9 Å². The maximum atomic E-state index is 10.5. The van der Waals surface area contributed by atoms with E-state index in [1.54, 1.807) is 6.92 Å². The van der Waals surface area contributed by atoms with Crippen LogP contribution in [0.5, 0.6) is 0 Å². The largest absolute Gasteiger partial charge is 0.478 e. The van der Waals surface area contributed by atoms with E-state index < -0.39 is 17.9 Å². The minimum Gasteiger partial charge on any atom is -0.478 e. The van der Waals surface area contributed by atoms with E-state index in [1.165, 1.54) is 20.8 Å². The number of esters is 1. The van der Waals surface area contributed by atoms with E-state index in [1.807, 2.05) is 0 Å². The maximum absolute atomic E-state index is 10.5. The highest BCUT2D eigenvalue weighted by atomic mass is 35.5. The van der Waals surface area contributed by atoms with Crippen molar-refractivity contribution in [2.75, 3.05) is 12.5 Å². The van der Waals surface area contributed by atoms with Gasteiger partial charge in [-0.25, -0.2) is 19.2 Å². The predicted molar refractivity (Wildman–Crippen MR) is 104 cm³/mol. The van der Waals surface area contributed by atoms with Crippen molar-refractivity contribution in [3.05, 3.63) is 48.6 Å². The number of carbonyl (C=O) groups is 4. The molecule has 9 heteroatoms. The first-order valence-corrected chi connectivity index (χ1v) is 7.70. The van der Waals surface area contributed by atoms with Gasteiger partial charge in [0.1, 0.15) is 6.61 Å². The Morgan fingerprint density at radius 1 is 0.704 bits per heavy atom. The summed E-state index contributed by atoms with van der Waals surface area (Å²) in [6, 6.07) is 0. The van der Waals surface area contributed by atoms with Crippen molar-refractivity contribution in [2.45, 2.75) is 27.7 Å². The molecule has 0 amide bonds. The highest BCUT2D eigenvalue weighted by Crippen LogP contribution is 1.91. The summed E-state index contributed by atoms with van der Waals surface area (Å²) in [6.07, 6.45) is 0. The van der Waals surface area contributed by atoms with Crippen LogP contribution in [-0.2, 0) is 23.9 Å². The summed E-state index contributed by atoms with van der Waals surface area (Å²) >= 11 is 5.24. The molecule has 0 fully saturated rings. The average Bonchev–Trinajstić information content (AvgIpc) is 2.53. The van der Waals surface area contributed by atoms with Crippen molar-refractivity contribution in [1.82, 2.24) is 0 Å². The number of carboxylic acids is 3. The van der Waals surface area contributed by atoms with Gasteiger partial charge in [0.05, 0.1) is 5.88 Å². The zero-order valence-electron chi connectivity index (χ0n) is 16.0. The van der Waals surface area contributed by atoms with Gasteiger partial charge in [0, 0.05) is 22.3 Å². The molecule has 0 rings (SSSR count). The molecule has 0 unspecified atom stereocenters. The third-order valence-electron chi connectivity index (χ3n) is 1.75. The Kier molecular flexibility index (Phi) is 23.0. The molecule has 0 radical (unpaired) electrons. The quantitative estimate of drug-likeness (QED) is 0.347. The first kappa shape index (κ1) is 31.9. The van der Waals surface area contributed by atoms with E-state index in [2.05, 4.69) is 31.1 Å². The van der Waals surface area contributed by atoms with Gasteiger partial charge < -0.3 is 20.1 Å². The van der Waals surface area contributed by atoms with Gasteiger partial charge in [-0.1, -0.05) is 26.3 Å². The van der Waals surface area contributed by atoms with Crippen LogP contribution >= 0.6 is 11.6 Å². The number of halogens is 1. The van der Waals surface area contributed by atoms with Crippen LogP contribution in [0.1, 0.15) is 27.7 Å². The van der Waals surface area contributed by atoms with Gasteiger partial charge in [-0.2, -0.15) is 0 Å². The third-order valence-corrected chi connectivity index (χ3v) is 1.91. The fourth-order valence-electron chi connectivity index (χ4n) is 0.254. The predicted octanol–water partition coefficient (Wildman–Crippen LogP) is 3.29. The Morgan fingerprint density at radius 3 is 1.04 bits per heavy atom. The first-order valence-electron chi connectivity index (χ1n) is 7.16.